The molecule has 174 valence electrons. The van der Waals surface area contributed by atoms with Crippen LogP contribution in [0.4, 0.5) is 4.79 Å². The van der Waals surface area contributed by atoms with Crippen molar-refractivity contribution in [2.75, 3.05) is 33.3 Å². The van der Waals surface area contributed by atoms with E-state index >= 15 is 0 Å². The summed E-state index contributed by atoms with van der Waals surface area (Å²) in [5.74, 6) is 0.320. The minimum Gasteiger partial charge on any atom is -0.453 e. The van der Waals surface area contributed by atoms with Crippen molar-refractivity contribution in [3.05, 3.63) is 35.9 Å². The zero-order valence-corrected chi connectivity index (χ0v) is 18.4. The molecule has 5 atom stereocenters. The van der Waals surface area contributed by atoms with Gasteiger partial charge in [-0.15, -0.1) is 0 Å². The van der Waals surface area contributed by atoms with Gasteiger partial charge in [-0.05, 0) is 49.6 Å². The van der Waals surface area contributed by atoms with E-state index in [1.54, 1.807) is 5.48 Å². The van der Waals surface area contributed by atoms with Crippen LogP contribution < -0.4 is 10.8 Å². The van der Waals surface area contributed by atoms with Gasteiger partial charge in [-0.2, -0.15) is 0 Å². The van der Waals surface area contributed by atoms with Crippen molar-refractivity contribution in [2.45, 2.75) is 43.7 Å². The number of likely N-dealkylation sites (tertiary alicyclic amines) is 2. The molecular weight excluding hydrogens is 412 g/mol. The quantitative estimate of drug-likeness (QED) is 0.477. The Morgan fingerprint density at radius 2 is 1.88 bits per heavy atom. The van der Waals surface area contributed by atoms with Crippen LogP contribution in [0.5, 0.6) is 0 Å². The Hall–Kier alpha value is -2.65. The Labute approximate surface area is 188 Å². The summed E-state index contributed by atoms with van der Waals surface area (Å²) in [6.45, 7) is 2.62. The lowest BCUT2D eigenvalue weighted by Crippen LogP contribution is -2.51. The molecule has 9 heteroatoms. The predicted octanol–water partition coefficient (Wildman–Crippen LogP) is 1.33. The third-order valence-electron chi connectivity index (χ3n) is 7.34. The summed E-state index contributed by atoms with van der Waals surface area (Å²) < 4.78 is 4.80. The van der Waals surface area contributed by atoms with Gasteiger partial charge < -0.3 is 15.0 Å². The van der Waals surface area contributed by atoms with Gasteiger partial charge in [0.05, 0.1) is 13.2 Å². The number of hydroxylamine groups is 1. The van der Waals surface area contributed by atoms with Gasteiger partial charge in [-0.1, -0.05) is 30.3 Å². The molecule has 4 rings (SSSR count). The van der Waals surface area contributed by atoms with Gasteiger partial charge in [0.15, 0.2) is 0 Å². The molecular formula is C23H32N4O5. The van der Waals surface area contributed by atoms with Crippen molar-refractivity contribution in [2.24, 2.45) is 11.8 Å². The molecule has 1 aromatic rings. The van der Waals surface area contributed by atoms with Gasteiger partial charge in [0.25, 0.3) is 5.91 Å². The van der Waals surface area contributed by atoms with E-state index in [4.69, 9.17) is 9.94 Å². The number of piperidine rings is 1. The summed E-state index contributed by atoms with van der Waals surface area (Å²) in [4.78, 5) is 40.5. The second kappa shape index (κ2) is 9.87. The minimum atomic E-state index is -0.740. The second-order valence-electron chi connectivity index (χ2n) is 9.09. The predicted molar refractivity (Wildman–Crippen MR) is 116 cm³/mol. The number of nitrogens with zero attached hydrogens (tertiary/aromatic N) is 2. The van der Waals surface area contributed by atoms with Gasteiger partial charge in [-0.3, -0.25) is 19.7 Å². The maximum Gasteiger partial charge on any atom is 0.410 e. The number of rotatable bonds is 4. The third-order valence-corrected chi connectivity index (χ3v) is 7.34. The first kappa shape index (κ1) is 22.5. The van der Waals surface area contributed by atoms with Crippen LogP contribution in [0.1, 0.15) is 37.2 Å². The van der Waals surface area contributed by atoms with E-state index in [9.17, 15) is 14.4 Å². The average Bonchev–Trinajstić information content (AvgIpc) is 3.51. The van der Waals surface area contributed by atoms with Gasteiger partial charge >= 0.3 is 6.09 Å². The molecule has 3 heterocycles. The van der Waals surface area contributed by atoms with Crippen LogP contribution in [0.2, 0.25) is 0 Å². The SMILES string of the molecule is COC(=O)N1C[C@H](C2CC[C@@H](C(=O)N3CC[C@H](c4ccccc4)C3)NC2)C[C@H]1C(=O)NO. The van der Waals surface area contributed by atoms with E-state index in [1.807, 2.05) is 23.1 Å². The van der Waals surface area contributed by atoms with Crippen molar-refractivity contribution < 1.29 is 24.3 Å². The van der Waals surface area contributed by atoms with E-state index in [0.717, 1.165) is 32.4 Å². The van der Waals surface area contributed by atoms with Crippen LogP contribution in [0.25, 0.3) is 0 Å². The number of benzene rings is 1. The number of methoxy groups -OCH3 is 1. The van der Waals surface area contributed by atoms with E-state index in [-0.39, 0.29) is 23.8 Å². The number of carbonyl (C=O) groups excluding carboxylic acids is 3. The third kappa shape index (κ3) is 4.59. The maximum atomic E-state index is 13.1. The number of hydrogen-bond donors (Lipinski definition) is 3. The van der Waals surface area contributed by atoms with Crippen molar-refractivity contribution in [1.29, 1.82) is 0 Å². The lowest BCUT2D eigenvalue weighted by molar-refractivity contribution is -0.133. The van der Waals surface area contributed by atoms with E-state index in [2.05, 4.69) is 17.4 Å². The van der Waals surface area contributed by atoms with Crippen LogP contribution in [0.15, 0.2) is 30.3 Å². The fourth-order valence-electron chi connectivity index (χ4n) is 5.52. The monoisotopic (exact) mass is 444 g/mol. The number of hydrogen-bond acceptors (Lipinski definition) is 6. The highest BCUT2D eigenvalue weighted by Crippen LogP contribution is 2.34. The van der Waals surface area contributed by atoms with Gasteiger partial charge in [-0.25, -0.2) is 10.3 Å². The maximum absolute atomic E-state index is 13.1. The topological polar surface area (TPSA) is 111 Å². The normalized spacial score (nSPS) is 30.2. The number of nitrogens with one attached hydrogen (secondary N) is 2. The highest BCUT2D eigenvalue weighted by atomic mass is 16.5. The van der Waals surface area contributed by atoms with Crippen molar-refractivity contribution >= 4 is 17.9 Å². The number of amides is 3. The standard InChI is InChI=1S/C23H32N4O5/c1-32-23(30)27-14-18(11-20(27)21(28)25-31)16-7-8-19(24-12-16)22(29)26-10-9-17(13-26)15-5-3-2-4-6-15/h2-6,16-20,24,31H,7-14H2,1H3,(H,25,28)/t16?,17-,18+,19-,20-/m0/s1. The molecule has 1 aromatic carbocycles. The van der Waals surface area contributed by atoms with Crippen LogP contribution >= 0.6 is 0 Å². The number of carbonyl (C=O) groups is 3. The Morgan fingerprint density at radius 3 is 2.53 bits per heavy atom. The molecule has 0 saturated carbocycles. The highest BCUT2D eigenvalue weighted by Gasteiger charge is 2.44. The molecule has 3 aliphatic rings. The molecule has 0 bridgehead atoms. The number of ether oxygens (including phenoxy) is 1. The molecule has 3 N–H and O–H groups in total. The van der Waals surface area contributed by atoms with Crippen LogP contribution in [0, 0.1) is 11.8 Å². The summed E-state index contributed by atoms with van der Waals surface area (Å²) in [6.07, 6.45) is 2.48. The molecule has 32 heavy (non-hydrogen) atoms. The fourth-order valence-corrected chi connectivity index (χ4v) is 5.52. The second-order valence-corrected chi connectivity index (χ2v) is 9.09. The molecule has 0 aromatic heterocycles. The minimum absolute atomic E-state index is 0.106. The smallest absolute Gasteiger partial charge is 0.410 e. The Balaban J connectivity index is 1.30. The van der Waals surface area contributed by atoms with Crippen LogP contribution in [-0.4, -0.2) is 78.3 Å². The van der Waals surface area contributed by atoms with Gasteiger partial charge in [0.1, 0.15) is 6.04 Å². The Kier molecular flexibility index (Phi) is 6.95. The molecule has 3 amide bonds. The molecule has 3 fully saturated rings. The Bertz CT molecular complexity index is 803. The van der Waals surface area contributed by atoms with Gasteiger partial charge in [0, 0.05) is 25.6 Å². The van der Waals surface area contributed by atoms with Gasteiger partial charge in [0.2, 0.25) is 5.91 Å². The first-order valence-corrected chi connectivity index (χ1v) is 11.4. The summed E-state index contributed by atoms with van der Waals surface area (Å²) in [6, 6.07) is 9.43. The zero-order valence-electron chi connectivity index (χ0n) is 18.4. The first-order valence-electron chi connectivity index (χ1n) is 11.4. The van der Waals surface area contributed by atoms with Crippen molar-refractivity contribution in [1.82, 2.24) is 20.6 Å². The van der Waals surface area contributed by atoms with E-state index < -0.39 is 18.0 Å². The summed E-state index contributed by atoms with van der Waals surface area (Å²) in [7, 11) is 1.28. The van der Waals surface area contributed by atoms with Crippen LogP contribution in [-0.2, 0) is 14.3 Å². The average molecular weight is 445 g/mol. The molecule has 3 saturated heterocycles. The largest absolute Gasteiger partial charge is 0.453 e. The van der Waals surface area contributed by atoms with E-state index in [0.29, 0.717) is 25.4 Å². The highest BCUT2D eigenvalue weighted by molar-refractivity contribution is 5.85. The molecule has 3 aliphatic heterocycles. The molecule has 1 unspecified atom stereocenters. The summed E-state index contributed by atoms with van der Waals surface area (Å²) in [5, 5.41) is 12.4. The zero-order chi connectivity index (χ0) is 22.7. The van der Waals surface area contributed by atoms with Crippen LogP contribution in [0.3, 0.4) is 0 Å². The fraction of sp³-hybridized carbons (Fsp3) is 0.609. The van der Waals surface area contributed by atoms with Crippen molar-refractivity contribution in [3.8, 4) is 0 Å². The molecule has 9 nitrogen and oxygen atoms in total. The lowest BCUT2D eigenvalue weighted by Gasteiger charge is -2.34. The molecule has 0 radical (unpaired) electrons. The summed E-state index contributed by atoms with van der Waals surface area (Å²) >= 11 is 0. The van der Waals surface area contributed by atoms with Crippen molar-refractivity contribution in [3.63, 3.8) is 0 Å². The lowest BCUT2D eigenvalue weighted by atomic mass is 9.82. The Morgan fingerprint density at radius 1 is 1.09 bits per heavy atom. The van der Waals surface area contributed by atoms with E-state index in [1.165, 1.54) is 17.6 Å². The molecule has 0 aliphatic carbocycles. The summed E-state index contributed by atoms with van der Waals surface area (Å²) in [5.41, 5.74) is 2.94. The first-order chi connectivity index (χ1) is 15.5. The molecule has 0 spiro atoms.